The van der Waals surface area contributed by atoms with Crippen molar-refractivity contribution < 1.29 is 0 Å². The molecule has 2 aliphatic heterocycles. The Kier molecular flexibility index (Phi) is 6.51. The van der Waals surface area contributed by atoms with Crippen LogP contribution in [0, 0.1) is 0 Å². The first-order valence-electron chi connectivity index (χ1n) is 13.2. The Labute approximate surface area is 218 Å². The Balaban J connectivity index is 1.19. The number of fused-ring (bicyclic) bond motifs is 1. The highest BCUT2D eigenvalue weighted by Crippen LogP contribution is 2.29. The highest BCUT2D eigenvalue weighted by atomic mass is 15.0. The number of nitrogens with one attached hydrogen (secondary N) is 4. The van der Waals surface area contributed by atoms with E-state index in [9.17, 15) is 0 Å². The molecule has 6 rings (SSSR count). The van der Waals surface area contributed by atoms with Crippen LogP contribution < -0.4 is 21.7 Å². The monoisotopic (exact) mass is 490 g/mol. The summed E-state index contributed by atoms with van der Waals surface area (Å²) in [6, 6.07) is 22.4. The molecule has 0 amide bonds. The van der Waals surface area contributed by atoms with E-state index in [0.717, 1.165) is 60.0 Å². The number of nitrogens with zero attached hydrogens (tertiary/aromatic N) is 1. The largest absolute Gasteiger partial charge is 0.403 e. The third-order valence-corrected chi connectivity index (χ3v) is 7.60. The SMILES string of the molecule is C=C(N/C(=C\N)c1ccc2cc(-c3ccc(-c4c[nH]c([C@@H]5CCCN5)n4)cc3)ccc2c1)[C@@H]1CCCN1. The number of rotatable bonds is 7. The second kappa shape index (κ2) is 10.2. The summed E-state index contributed by atoms with van der Waals surface area (Å²) in [6.07, 6.45) is 8.27. The number of hydrogen-bond acceptors (Lipinski definition) is 5. The van der Waals surface area contributed by atoms with E-state index in [-0.39, 0.29) is 0 Å². The van der Waals surface area contributed by atoms with Crippen molar-refractivity contribution in [3.63, 3.8) is 0 Å². The first kappa shape index (κ1) is 23.5. The molecule has 0 bridgehead atoms. The van der Waals surface area contributed by atoms with E-state index < -0.39 is 0 Å². The molecule has 4 aromatic rings. The third-order valence-electron chi connectivity index (χ3n) is 7.60. The average Bonchev–Trinajstić information content (AvgIpc) is 3.74. The average molecular weight is 491 g/mol. The standard InChI is InChI=1S/C31H34N6/c1-20(27-4-2-14-33-27)36-29(18-32)26-13-12-24-16-23(10-11-25(24)17-26)21-6-8-22(9-7-21)30-19-35-31(37-30)28-5-3-15-34-28/h6-13,16-19,27-28,33-34,36H,1-5,14-15,32H2,(H,35,37)/b29-18-/t27-,28-/m0/s1. The maximum Gasteiger partial charge on any atom is 0.124 e. The van der Waals surface area contributed by atoms with Gasteiger partial charge in [0.05, 0.1) is 17.4 Å². The number of imidazole rings is 1. The molecule has 6 heteroatoms. The summed E-state index contributed by atoms with van der Waals surface area (Å²) in [4.78, 5) is 8.19. The van der Waals surface area contributed by atoms with Gasteiger partial charge >= 0.3 is 0 Å². The van der Waals surface area contributed by atoms with Crippen LogP contribution in [0.15, 0.2) is 85.3 Å². The second-order valence-corrected chi connectivity index (χ2v) is 10.1. The number of aromatic nitrogens is 2. The Morgan fingerprint density at radius 3 is 2.38 bits per heavy atom. The number of aromatic amines is 1. The van der Waals surface area contributed by atoms with Gasteiger partial charge in [-0.1, -0.05) is 55.1 Å². The zero-order valence-electron chi connectivity index (χ0n) is 21.1. The summed E-state index contributed by atoms with van der Waals surface area (Å²) in [5.41, 5.74) is 13.4. The van der Waals surface area contributed by atoms with E-state index in [1.807, 2.05) is 6.20 Å². The lowest BCUT2D eigenvalue weighted by atomic mass is 9.98. The van der Waals surface area contributed by atoms with Gasteiger partial charge in [0, 0.05) is 35.3 Å². The van der Waals surface area contributed by atoms with Gasteiger partial charge in [0.1, 0.15) is 5.82 Å². The van der Waals surface area contributed by atoms with Crippen molar-refractivity contribution in [2.75, 3.05) is 13.1 Å². The minimum absolute atomic E-state index is 0.295. The normalized spacial score (nSPS) is 19.9. The van der Waals surface area contributed by atoms with Crippen molar-refractivity contribution in [2.45, 2.75) is 37.8 Å². The van der Waals surface area contributed by atoms with Crippen LogP contribution >= 0.6 is 0 Å². The van der Waals surface area contributed by atoms with Crippen LogP contribution in [0.4, 0.5) is 0 Å². The van der Waals surface area contributed by atoms with Gasteiger partial charge in [-0.25, -0.2) is 4.98 Å². The minimum atomic E-state index is 0.295. The molecule has 188 valence electrons. The molecule has 3 aromatic carbocycles. The molecule has 0 saturated carbocycles. The Morgan fingerprint density at radius 2 is 1.62 bits per heavy atom. The van der Waals surface area contributed by atoms with Crippen molar-refractivity contribution in [1.29, 1.82) is 0 Å². The van der Waals surface area contributed by atoms with Crippen LogP contribution in [0.3, 0.4) is 0 Å². The van der Waals surface area contributed by atoms with E-state index in [1.54, 1.807) is 6.20 Å². The quantitative estimate of drug-likeness (QED) is 0.238. The maximum atomic E-state index is 5.99. The lowest BCUT2D eigenvalue weighted by Crippen LogP contribution is -2.30. The molecule has 0 radical (unpaired) electrons. The molecular weight excluding hydrogens is 456 g/mol. The van der Waals surface area contributed by atoms with Gasteiger partial charge in [-0.3, -0.25) is 0 Å². The molecule has 6 nitrogen and oxygen atoms in total. The van der Waals surface area contributed by atoms with E-state index in [2.05, 4.69) is 88.2 Å². The Bertz CT molecular complexity index is 1440. The van der Waals surface area contributed by atoms with Crippen molar-refractivity contribution in [3.8, 4) is 22.4 Å². The van der Waals surface area contributed by atoms with E-state index in [4.69, 9.17) is 10.7 Å². The Hall–Kier alpha value is -3.87. The summed E-state index contributed by atoms with van der Waals surface area (Å²) < 4.78 is 0. The van der Waals surface area contributed by atoms with Gasteiger partial charge in [-0.05, 0) is 72.8 Å². The van der Waals surface area contributed by atoms with Crippen LogP contribution in [0.25, 0.3) is 38.9 Å². The fourth-order valence-electron chi connectivity index (χ4n) is 5.46. The van der Waals surface area contributed by atoms with Crippen molar-refractivity contribution in [1.82, 2.24) is 25.9 Å². The summed E-state index contributed by atoms with van der Waals surface area (Å²) in [7, 11) is 0. The molecule has 6 N–H and O–H groups in total. The number of nitrogens with two attached hydrogens (primary N) is 1. The van der Waals surface area contributed by atoms with Gasteiger partial charge in [-0.2, -0.15) is 0 Å². The van der Waals surface area contributed by atoms with Crippen LogP contribution in [-0.4, -0.2) is 29.1 Å². The molecule has 1 aromatic heterocycles. The molecule has 2 saturated heterocycles. The number of benzene rings is 3. The molecule has 3 heterocycles. The minimum Gasteiger partial charge on any atom is -0.403 e. The van der Waals surface area contributed by atoms with Crippen molar-refractivity contribution in [3.05, 3.63) is 96.7 Å². The highest BCUT2D eigenvalue weighted by molar-refractivity contribution is 5.90. The molecule has 0 aliphatic carbocycles. The van der Waals surface area contributed by atoms with E-state index >= 15 is 0 Å². The molecule has 2 atom stereocenters. The summed E-state index contributed by atoms with van der Waals surface area (Å²) in [5, 5.41) is 12.8. The lowest BCUT2D eigenvalue weighted by Gasteiger charge is -2.18. The van der Waals surface area contributed by atoms with Gasteiger partial charge in [0.2, 0.25) is 0 Å². The smallest absolute Gasteiger partial charge is 0.124 e. The maximum absolute atomic E-state index is 5.99. The number of hydrogen-bond donors (Lipinski definition) is 5. The predicted octanol–water partition coefficient (Wildman–Crippen LogP) is 5.43. The zero-order chi connectivity index (χ0) is 25.2. The van der Waals surface area contributed by atoms with Crippen LogP contribution in [0.1, 0.15) is 43.1 Å². The van der Waals surface area contributed by atoms with E-state index in [0.29, 0.717) is 12.1 Å². The van der Waals surface area contributed by atoms with Gasteiger partial charge in [0.25, 0.3) is 0 Å². The molecule has 2 aliphatic rings. The molecule has 2 fully saturated rings. The fraction of sp³-hybridized carbons (Fsp3) is 0.258. The third kappa shape index (κ3) is 4.90. The van der Waals surface area contributed by atoms with Gasteiger partial charge < -0.3 is 26.7 Å². The molecular formula is C31H34N6. The highest BCUT2D eigenvalue weighted by Gasteiger charge is 2.20. The predicted molar refractivity (Wildman–Crippen MR) is 152 cm³/mol. The first-order valence-corrected chi connectivity index (χ1v) is 13.2. The second-order valence-electron chi connectivity index (χ2n) is 10.1. The lowest BCUT2D eigenvalue weighted by molar-refractivity contribution is 0.613. The van der Waals surface area contributed by atoms with Gasteiger partial charge in [0.15, 0.2) is 0 Å². The molecule has 0 unspecified atom stereocenters. The summed E-state index contributed by atoms with van der Waals surface area (Å²) in [6.45, 7) is 6.33. The summed E-state index contributed by atoms with van der Waals surface area (Å²) >= 11 is 0. The number of H-pyrrole nitrogens is 1. The van der Waals surface area contributed by atoms with Crippen LogP contribution in [0.2, 0.25) is 0 Å². The molecule has 0 spiro atoms. The topological polar surface area (TPSA) is 90.8 Å². The fourth-order valence-corrected chi connectivity index (χ4v) is 5.46. The van der Waals surface area contributed by atoms with Crippen molar-refractivity contribution in [2.24, 2.45) is 5.73 Å². The first-order chi connectivity index (χ1) is 18.2. The van der Waals surface area contributed by atoms with Crippen LogP contribution in [-0.2, 0) is 0 Å². The zero-order valence-corrected chi connectivity index (χ0v) is 21.1. The summed E-state index contributed by atoms with van der Waals surface area (Å²) in [5.74, 6) is 1.04. The van der Waals surface area contributed by atoms with Crippen molar-refractivity contribution >= 4 is 16.5 Å². The Morgan fingerprint density at radius 1 is 0.892 bits per heavy atom. The van der Waals surface area contributed by atoms with Crippen LogP contribution in [0.5, 0.6) is 0 Å². The van der Waals surface area contributed by atoms with E-state index in [1.165, 1.54) is 34.7 Å². The molecule has 37 heavy (non-hydrogen) atoms. The van der Waals surface area contributed by atoms with Gasteiger partial charge in [-0.15, -0.1) is 0 Å².